The topological polar surface area (TPSA) is 15.3 Å². The van der Waals surface area contributed by atoms with E-state index in [4.69, 9.17) is 0 Å². The number of hydrogen-bond acceptors (Lipinski definition) is 2. The van der Waals surface area contributed by atoms with Gasteiger partial charge in [0.15, 0.2) is 0 Å². The average Bonchev–Trinajstić information content (AvgIpc) is 2.35. The number of nitrogens with one attached hydrogen (secondary N) is 1. The predicted octanol–water partition coefficient (Wildman–Crippen LogP) is 4.82. The molecule has 0 amide bonds. The van der Waals surface area contributed by atoms with E-state index in [1.807, 2.05) is 0 Å². The molecule has 1 N–H and O–H groups in total. The van der Waals surface area contributed by atoms with E-state index in [0.29, 0.717) is 5.92 Å². The molecule has 1 unspecified atom stereocenters. The van der Waals surface area contributed by atoms with Crippen molar-refractivity contribution in [1.82, 2.24) is 5.32 Å². The molecule has 3 heteroatoms. The molecule has 0 bridgehead atoms. The normalized spacial score (nSPS) is 13.3. The lowest BCUT2D eigenvalue weighted by Gasteiger charge is -2.27. The van der Waals surface area contributed by atoms with Crippen molar-refractivity contribution in [2.75, 3.05) is 18.5 Å². The summed E-state index contributed by atoms with van der Waals surface area (Å²) >= 11 is 3.59. The van der Waals surface area contributed by atoms with Gasteiger partial charge in [-0.2, -0.15) is 0 Å². The maximum absolute atomic E-state index is 3.59. The zero-order valence-electron chi connectivity index (χ0n) is 13.8. The highest BCUT2D eigenvalue weighted by atomic mass is 79.9. The van der Waals surface area contributed by atoms with E-state index in [0.717, 1.165) is 17.6 Å². The molecule has 1 atom stereocenters. The van der Waals surface area contributed by atoms with Crippen LogP contribution in [-0.2, 0) is 6.54 Å². The van der Waals surface area contributed by atoms with Crippen molar-refractivity contribution in [2.45, 2.75) is 53.1 Å². The zero-order chi connectivity index (χ0) is 15.3. The van der Waals surface area contributed by atoms with Gasteiger partial charge in [-0.15, -0.1) is 0 Å². The number of halogens is 1. The lowest BCUT2D eigenvalue weighted by Crippen LogP contribution is -2.35. The molecule has 0 aliphatic heterocycles. The van der Waals surface area contributed by atoms with Gasteiger partial charge in [0.05, 0.1) is 0 Å². The maximum Gasteiger partial charge on any atom is 0.0420 e. The molecule has 0 fully saturated rings. The summed E-state index contributed by atoms with van der Waals surface area (Å²) in [5.74, 6) is 0.711. The molecule has 0 saturated carbocycles. The highest BCUT2D eigenvalue weighted by Gasteiger charge is 2.14. The Morgan fingerprint density at radius 2 is 1.95 bits per heavy atom. The fraction of sp³-hybridized carbons (Fsp3) is 0.647. The van der Waals surface area contributed by atoms with Crippen LogP contribution < -0.4 is 10.2 Å². The molecule has 1 aromatic rings. The van der Waals surface area contributed by atoms with E-state index >= 15 is 0 Å². The summed E-state index contributed by atoms with van der Waals surface area (Å²) in [6.45, 7) is 13.2. The zero-order valence-corrected chi connectivity index (χ0v) is 15.3. The van der Waals surface area contributed by atoms with E-state index in [9.17, 15) is 0 Å². The highest BCUT2D eigenvalue weighted by molar-refractivity contribution is 9.10. The quantitative estimate of drug-likeness (QED) is 0.798. The van der Waals surface area contributed by atoms with Gasteiger partial charge in [0.2, 0.25) is 0 Å². The highest BCUT2D eigenvalue weighted by Crippen LogP contribution is 2.26. The van der Waals surface area contributed by atoms with Crippen LogP contribution in [0.15, 0.2) is 22.7 Å². The number of rotatable bonds is 6. The van der Waals surface area contributed by atoms with Gasteiger partial charge in [0, 0.05) is 35.8 Å². The van der Waals surface area contributed by atoms with Crippen molar-refractivity contribution in [2.24, 2.45) is 5.92 Å². The third kappa shape index (κ3) is 5.84. The monoisotopic (exact) mass is 340 g/mol. The van der Waals surface area contributed by atoms with Crippen LogP contribution in [-0.4, -0.2) is 19.1 Å². The molecule has 0 spiro atoms. The summed E-state index contributed by atoms with van der Waals surface area (Å²) in [4.78, 5) is 2.37. The Labute approximate surface area is 133 Å². The minimum absolute atomic E-state index is 0.139. The molecule has 1 aromatic carbocycles. The van der Waals surface area contributed by atoms with E-state index < -0.39 is 0 Å². The fourth-order valence-corrected chi connectivity index (χ4v) is 2.45. The first-order valence-electron chi connectivity index (χ1n) is 7.47. The first kappa shape index (κ1) is 17.5. The molecule has 1 rings (SSSR count). The Morgan fingerprint density at radius 1 is 1.30 bits per heavy atom. The maximum atomic E-state index is 3.59. The Hall–Kier alpha value is -0.540. The second kappa shape index (κ2) is 7.46. The van der Waals surface area contributed by atoms with E-state index in [1.54, 1.807) is 0 Å². The van der Waals surface area contributed by atoms with Crippen molar-refractivity contribution in [3.63, 3.8) is 0 Å². The molecule has 114 valence electrons. The lowest BCUT2D eigenvalue weighted by atomic mass is 10.1. The number of hydrogen-bond donors (Lipinski definition) is 1. The Morgan fingerprint density at radius 3 is 2.50 bits per heavy atom. The van der Waals surface area contributed by atoms with Gasteiger partial charge >= 0.3 is 0 Å². The first-order chi connectivity index (χ1) is 9.23. The lowest BCUT2D eigenvalue weighted by molar-refractivity contribution is 0.424. The molecular formula is C17H29BrN2. The summed E-state index contributed by atoms with van der Waals surface area (Å²) < 4.78 is 1.14. The van der Waals surface area contributed by atoms with Crippen LogP contribution in [0, 0.1) is 5.92 Å². The van der Waals surface area contributed by atoms with Crippen molar-refractivity contribution < 1.29 is 0 Å². The molecular weight excluding hydrogens is 312 g/mol. The number of anilines is 1. The number of benzene rings is 1. The fourth-order valence-electron chi connectivity index (χ4n) is 2.10. The molecule has 0 heterocycles. The van der Waals surface area contributed by atoms with Crippen molar-refractivity contribution in [3.8, 4) is 0 Å². The summed E-state index contributed by atoms with van der Waals surface area (Å²) in [6, 6.07) is 6.56. The van der Waals surface area contributed by atoms with Crippen LogP contribution in [0.2, 0.25) is 0 Å². The molecule has 0 aliphatic carbocycles. The largest absolute Gasteiger partial charge is 0.374 e. The van der Waals surface area contributed by atoms with Gasteiger partial charge in [0.25, 0.3) is 0 Å². The predicted molar refractivity (Wildman–Crippen MR) is 93.5 cm³/mol. The third-order valence-electron chi connectivity index (χ3n) is 3.55. The number of nitrogens with zero attached hydrogens (tertiary/aromatic N) is 1. The van der Waals surface area contributed by atoms with Crippen LogP contribution >= 0.6 is 15.9 Å². The van der Waals surface area contributed by atoms with E-state index in [-0.39, 0.29) is 5.54 Å². The van der Waals surface area contributed by atoms with Gasteiger partial charge in [-0.3, -0.25) is 0 Å². The molecule has 0 aliphatic rings. The molecule has 0 aromatic heterocycles. The van der Waals surface area contributed by atoms with Gasteiger partial charge in [0.1, 0.15) is 0 Å². The van der Waals surface area contributed by atoms with Crippen LogP contribution in [0.5, 0.6) is 0 Å². The SMILES string of the molecule is CCC(C)CN(C)c1cc(Br)ccc1CNC(C)(C)C. The summed E-state index contributed by atoms with van der Waals surface area (Å²) in [5.41, 5.74) is 2.81. The van der Waals surface area contributed by atoms with E-state index in [2.05, 4.69) is 86.0 Å². The summed E-state index contributed by atoms with van der Waals surface area (Å²) in [5, 5.41) is 3.58. The van der Waals surface area contributed by atoms with Crippen molar-refractivity contribution in [3.05, 3.63) is 28.2 Å². The van der Waals surface area contributed by atoms with Crippen LogP contribution in [0.3, 0.4) is 0 Å². The Bertz CT molecular complexity index is 423. The average molecular weight is 341 g/mol. The molecule has 20 heavy (non-hydrogen) atoms. The van der Waals surface area contributed by atoms with Gasteiger partial charge in [-0.05, 0) is 44.4 Å². The minimum Gasteiger partial charge on any atom is -0.374 e. The van der Waals surface area contributed by atoms with Crippen LogP contribution in [0.4, 0.5) is 5.69 Å². The van der Waals surface area contributed by atoms with Crippen LogP contribution in [0.25, 0.3) is 0 Å². The minimum atomic E-state index is 0.139. The smallest absolute Gasteiger partial charge is 0.0420 e. The van der Waals surface area contributed by atoms with Gasteiger partial charge in [-0.25, -0.2) is 0 Å². The molecule has 0 radical (unpaired) electrons. The van der Waals surface area contributed by atoms with Crippen molar-refractivity contribution in [1.29, 1.82) is 0 Å². The standard InChI is InChI=1S/C17H29BrN2/c1-7-13(2)12-20(6)16-10-15(18)9-8-14(16)11-19-17(3,4)5/h8-10,13,19H,7,11-12H2,1-6H3. The second-order valence-corrected chi connectivity index (χ2v) is 7.69. The van der Waals surface area contributed by atoms with Crippen molar-refractivity contribution >= 4 is 21.6 Å². The summed E-state index contributed by atoms with van der Waals surface area (Å²) in [7, 11) is 2.19. The first-order valence-corrected chi connectivity index (χ1v) is 8.27. The van der Waals surface area contributed by atoms with Gasteiger partial charge in [-0.1, -0.05) is 42.3 Å². The van der Waals surface area contributed by atoms with E-state index in [1.165, 1.54) is 17.7 Å². The Kier molecular flexibility index (Phi) is 6.53. The second-order valence-electron chi connectivity index (χ2n) is 6.77. The van der Waals surface area contributed by atoms with Crippen LogP contribution in [0.1, 0.15) is 46.6 Å². The Balaban J connectivity index is 2.89. The summed E-state index contributed by atoms with van der Waals surface area (Å²) in [6.07, 6.45) is 1.22. The molecule has 2 nitrogen and oxygen atoms in total. The van der Waals surface area contributed by atoms with Gasteiger partial charge < -0.3 is 10.2 Å². The molecule has 0 saturated heterocycles. The third-order valence-corrected chi connectivity index (χ3v) is 4.04.